The van der Waals surface area contributed by atoms with Gasteiger partial charge in [0, 0.05) is 23.1 Å². The Hall–Kier alpha value is -3.37. The zero-order valence-electron chi connectivity index (χ0n) is 19.2. The topological polar surface area (TPSA) is 101 Å². The first kappa shape index (κ1) is 22.4. The van der Waals surface area contributed by atoms with E-state index in [4.69, 9.17) is 5.73 Å². The van der Waals surface area contributed by atoms with E-state index < -0.39 is 17.8 Å². The molecule has 3 heterocycles. The fourth-order valence-corrected chi connectivity index (χ4v) is 4.51. The van der Waals surface area contributed by atoms with E-state index in [9.17, 15) is 18.0 Å². The van der Waals surface area contributed by atoms with Crippen LogP contribution in [-0.2, 0) is 30.5 Å². The molecule has 180 valence electrons. The summed E-state index contributed by atoms with van der Waals surface area (Å²) >= 11 is 0. The number of aryl methyl sites for hydroxylation is 1. The Morgan fingerprint density at radius 3 is 2.62 bits per heavy atom. The molecule has 1 aliphatic carbocycles. The molecule has 0 spiro atoms. The summed E-state index contributed by atoms with van der Waals surface area (Å²) < 4.78 is 41.8. The maximum atomic E-state index is 13.3. The number of carbonyl (C=O) groups is 1. The summed E-state index contributed by atoms with van der Waals surface area (Å²) in [6.07, 6.45) is -2.11. The fraction of sp³-hybridized carbons (Fsp3) is 0.478. The summed E-state index contributed by atoms with van der Waals surface area (Å²) in [7, 11) is 0. The lowest BCUT2D eigenvalue weighted by atomic mass is 10.0. The molecule has 0 saturated heterocycles. The molecule has 0 bridgehead atoms. The Labute approximate surface area is 194 Å². The molecule has 0 radical (unpaired) electrons. The molecule has 1 amide bonds. The Morgan fingerprint density at radius 2 is 1.97 bits per heavy atom. The van der Waals surface area contributed by atoms with Gasteiger partial charge in [0.2, 0.25) is 5.91 Å². The van der Waals surface area contributed by atoms with Crippen LogP contribution in [0.2, 0.25) is 0 Å². The van der Waals surface area contributed by atoms with Gasteiger partial charge in [-0.1, -0.05) is 13.8 Å². The van der Waals surface area contributed by atoms with Crippen molar-refractivity contribution >= 4 is 23.2 Å². The lowest BCUT2D eigenvalue weighted by Crippen LogP contribution is -2.31. The summed E-state index contributed by atoms with van der Waals surface area (Å²) in [5.41, 5.74) is 6.76. The van der Waals surface area contributed by atoms with Crippen LogP contribution in [-0.4, -0.2) is 30.4 Å². The first-order valence-electron chi connectivity index (χ1n) is 11.3. The molecule has 5 rings (SSSR count). The first-order valence-corrected chi connectivity index (χ1v) is 11.3. The Bertz CT molecular complexity index is 1300. The number of nitrogens with one attached hydrogen (secondary N) is 1. The van der Waals surface area contributed by atoms with Crippen LogP contribution in [0.5, 0.6) is 0 Å². The minimum absolute atomic E-state index is 0.0339. The van der Waals surface area contributed by atoms with Gasteiger partial charge in [-0.3, -0.25) is 9.20 Å². The van der Waals surface area contributed by atoms with Crippen molar-refractivity contribution in [1.29, 1.82) is 0 Å². The van der Waals surface area contributed by atoms with Crippen LogP contribution >= 0.6 is 0 Å². The number of nitrogen functional groups attached to an aromatic ring is 1. The second-order valence-corrected chi connectivity index (χ2v) is 9.46. The predicted molar refractivity (Wildman–Crippen MR) is 120 cm³/mol. The quantitative estimate of drug-likeness (QED) is 0.541. The Balaban J connectivity index is 1.53. The number of benzene rings is 1. The highest BCUT2D eigenvalue weighted by Gasteiger charge is 2.48. The molecule has 8 nitrogen and oxygen atoms in total. The van der Waals surface area contributed by atoms with E-state index in [1.807, 2.05) is 23.1 Å². The standard InChI is InChI=1S/C23H26F3N7O/c1-4-18-30-31-21-29-19(28-12(2)13-7-14(23(24,25)26)9-15(27)8-13)16-10-32(11-17(16)33(18)21)20(34)22(3)5-6-22/h7-9,12H,4-6,10-11,27H2,1-3H3,(H,28,29,31). The molecule has 1 saturated carbocycles. The van der Waals surface area contributed by atoms with Gasteiger partial charge < -0.3 is 16.0 Å². The molecule has 2 aromatic heterocycles. The molecule has 1 fully saturated rings. The van der Waals surface area contributed by atoms with Crippen LogP contribution in [0.4, 0.5) is 24.7 Å². The van der Waals surface area contributed by atoms with Crippen molar-refractivity contribution in [2.45, 2.75) is 65.3 Å². The fourth-order valence-electron chi connectivity index (χ4n) is 4.51. The molecule has 2 aliphatic rings. The van der Waals surface area contributed by atoms with E-state index in [-0.39, 0.29) is 17.0 Å². The molecule has 3 aromatic rings. The molecule has 1 atom stereocenters. The third-order valence-electron chi connectivity index (χ3n) is 6.80. The first-order chi connectivity index (χ1) is 16.0. The van der Waals surface area contributed by atoms with E-state index in [0.29, 0.717) is 36.7 Å². The predicted octanol–water partition coefficient (Wildman–Crippen LogP) is 4.10. The Kier molecular flexibility index (Phi) is 4.99. The van der Waals surface area contributed by atoms with Crippen molar-refractivity contribution in [3.63, 3.8) is 0 Å². The number of rotatable bonds is 5. The maximum absolute atomic E-state index is 13.3. The lowest BCUT2D eigenvalue weighted by molar-refractivity contribution is -0.138. The number of nitrogens with two attached hydrogens (primary N) is 1. The number of amides is 1. The third kappa shape index (κ3) is 3.72. The molecule has 34 heavy (non-hydrogen) atoms. The Morgan fingerprint density at radius 1 is 1.24 bits per heavy atom. The van der Waals surface area contributed by atoms with Crippen LogP contribution in [0, 0.1) is 5.41 Å². The van der Waals surface area contributed by atoms with Gasteiger partial charge in [-0.05, 0) is 43.5 Å². The van der Waals surface area contributed by atoms with Crippen molar-refractivity contribution in [3.05, 3.63) is 46.4 Å². The number of carbonyl (C=O) groups excluding carboxylic acids is 1. The number of anilines is 2. The molecule has 1 unspecified atom stereocenters. The highest BCUT2D eigenvalue weighted by Crippen LogP contribution is 2.48. The monoisotopic (exact) mass is 473 g/mol. The normalized spacial score (nSPS) is 17.6. The van der Waals surface area contributed by atoms with Gasteiger partial charge in [-0.25, -0.2) is 0 Å². The number of fused-ring (bicyclic) bond motifs is 3. The number of alkyl halides is 3. The van der Waals surface area contributed by atoms with Gasteiger partial charge >= 0.3 is 6.18 Å². The van der Waals surface area contributed by atoms with Crippen molar-refractivity contribution < 1.29 is 18.0 Å². The maximum Gasteiger partial charge on any atom is 0.416 e. The van der Waals surface area contributed by atoms with E-state index in [2.05, 4.69) is 20.5 Å². The van der Waals surface area contributed by atoms with Crippen LogP contribution in [0.3, 0.4) is 0 Å². The highest BCUT2D eigenvalue weighted by molar-refractivity contribution is 5.85. The molecular formula is C23H26F3N7O. The van der Waals surface area contributed by atoms with E-state index in [0.717, 1.165) is 42.1 Å². The lowest BCUT2D eigenvalue weighted by Gasteiger charge is -2.20. The van der Waals surface area contributed by atoms with E-state index >= 15 is 0 Å². The van der Waals surface area contributed by atoms with Crippen LogP contribution in [0.1, 0.15) is 67.9 Å². The number of halogens is 3. The minimum Gasteiger partial charge on any atom is -0.399 e. The van der Waals surface area contributed by atoms with Gasteiger partial charge in [0.1, 0.15) is 11.6 Å². The van der Waals surface area contributed by atoms with Crippen molar-refractivity contribution in [3.8, 4) is 0 Å². The molecular weight excluding hydrogens is 447 g/mol. The second-order valence-electron chi connectivity index (χ2n) is 9.46. The van der Waals surface area contributed by atoms with Gasteiger partial charge in [0.15, 0.2) is 0 Å². The van der Waals surface area contributed by atoms with E-state index in [1.165, 1.54) is 6.07 Å². The van der Waals surface area contributed by atoms with Crippen LogP contribution in [0.25, 0.3) is 5.78 Å². The molecule has 1 aromatic carbocycles. The van der Waals surface area contributed by atoms with Crippen LogP contribution in [0.15, 0.2) is 18.2 Å². The van der Waals surface area contributed by atoms with E-state index in [1.54, 1.807) is 6.92 Å². The number of nitrogens with zero attached hydrogens (tertiary/aromatic N) is 5. The zero-order chi connectivity index (χ0) is 24.4. The largest absolute Gasteiger partial charge is 0.416 e. The van der Waals surface area contributed by atoms with Crippen molar-refractivity contribution in [2.75, 3.05) is 11.1 Å². The number of aromatic nitrogens is 4. The highest BCUT2D eigenvalue weighted by atomic mass is 19.4. The van der Waals surface area contributed by atoms with Crippen LogP contribution < -0.4 is 11.1 Å². The van der Waals surface area contributed by atoms with Gasteiger partial charge in [0.05, 0.1) is 30.4 Å². The summed E-state index contributed by atoms with van der Waals surface area (Å²) in [5.74, 6) is 1.72. The third-order valence-corrected chi connectivity index (χ3v) is 6.80. The van der Waals surface area contributed by atoms with Crippen molar-refractivity contribution in [2.24, 2.45) is 5.41 Å². The number of hydrogen-bond acceptors (Lipinski definition) is 6. The summed E-state index contributed by atoms with van der Waals surface area (Å²) in [6.45, 7) is 6.47. The molecule has 11 heteroatoms. The SMILES string of the molecule is CCc1nnc2nc(NC(C)c3cc(N)cc(C(F)(F)F)c3)c3c(n12)CN(C(=O)C1(C)CC1)C3. The minimum atomic E-state index is -4.50. The number of hydrogen-bond donors (Lipinski definition) is 2. The smallest absolute Gasteiger partial charge is 0.399 e. The van der Waals surface area contributed by atoms with Gasteiger partial charge in [-0.15, -0.1) is 10.2 Å². The van der Waals surface area contributed by atoms with Crippen molar-refractivity contribution in [1.82, 2.24) is 24.5 Å². The summed E-state index contributed by atoms with van der Waals surface area (Å²) in [4.78, 5) is 19.5. The zero-order valence-corrected chi connectivity index (χ0v) is 19.2. The van der Waals surface area contributed by atoms with Gasteiger partial charge in [0.25, 0.3) is 5.78 Å². The average Bonchev–Trinajstić information content (AvgIpc) is 3.20. The second kappa shape index (κ2) is 7.57. The summed E-state index contributed by atoms with van der Waals surface area (Å²) in [6, 6.07) is 3.00. The van der Waals surface area contributed by atoms with Gasteiger partial charge in [-0.2, -0.15) is 18.2 Å². The average molecular weight is 474 g/mol. The summed E-state index contributed by atoms with van der Waals surface area (Å²) in [5, 5.41) is 11.7. The molecule has 1 aliphatic heterocycles. The molecule has 3 N–H and O–H groups in total.